The predicted molar refractivity (Wildman–Crippen MR) is 89.5 cm³/mol. The molecule has 1 aliphatic carbocycles. The minimum Gasteiger partial charge on any atom is -0.271 e. The summed E-state index contributed by atoms with van der Waals surface area (Å²) in [6.07, 6.45) is 18.1. The zero-order chi connectivity index (χ0) is 14.6. The molecule has 0 aromatic rings. The number of nitrogens with one attached hydrogen (secondary N) is 1. The first-order valence-corrected chi connectivity index (χ1v) is 9.24. The summed E-state index contributed by atoms with van der Waals surface area (Å²) < 4.78 is 0. The number of nitrogens with two attached hydrogens (primary N) is 1. The van der Waals surface area contributed by atoms with Crippen LogP contribution < -0.4 is 11.3 Å². The third-order valence-corrected chi connectivity index (χ3v) is 5.21. The summed E-state index contributed by atoms with van der Waals surface area (Å²) in [5, 5.41) is 0. The molecule has 1 fully saturated rings. The van der Waals surface area contributed by atoms with Gasteiger partial charge in [-0.3, -0.25) is 11.3 Å². The molecule has 0 aromatic heterocycles. The van der Waals surface area contributed by atoms with E-state index in [-0.39, 0.29) is 0 Å². The minimum absolute atomic E-state index is 0.572. The van der Waals surface area contributed by atoms with Crippen molar-refractivity contribution in [1.29, 1.82) is 0 Å². The molecular weight excluding hydrogens is 244 g/mol. The van der Waals surface area contributed by atoms with Crippen LogP contribution >= 0.6 is 0 Å². The van der Waals surface area contributed by atoms with Gasteiger partial charge < -0.3 is 0 Å². The Bertz CT molecular complexity index is 209. The van der Waals surface area contributed by atoms with Crippen LogP contribution in [0, 0.1) is 11.8 Å². The molecule has 0 heterocycles. The van der Waals surface area contributed by atoms with Gasteiger partial charge >= 0.3 is 0 Å². The molecule has 0 bridgehead atoms. The summed E-state index contributed by atoms with van der Waals surface area (Å²) in [4.78, 5) is 0. The maximum atomic E-state index is 5.78. The highest BCUT2D eigenvalue weighted by molar-refractivity contribution is 4.79. The smallest absolute Gasteiger partial charge is 0.0238 e. The fourth-order valence-corrected chi connectivity index (χ4v) is 3.64. The van der Waals surface area contributed by atoms with Crippen LogP contribution in [-0.2, 0) is 0 Å². The van der Waals surface area contributed by atoms with E-state index in [1.165, 1.54) is 83.5 Å². The first-order chi connectivity index (χ1) is 9.77. The van der Waals surface area contributed by atoms with Gasteiger partial charge in [0.2, 0.25) is 0 Å². The zero-order valence-electron chi connectivity index (χ0n) is 14.0. The summed E-state index contributed by atoms with van der Waals surface area (Å²) in [5.41, 5.74) is 3.11. The summed E-state index contributed by atoms with van der Waals surface area (Å²) >= 11 is 0. The molecule has 2 nitrogen and oxygen atoms in total. The van der Waals surface area contributed by atoms with Gasteiger partial charge in [-0.15, -0.1) is 0 Å². The van der Waals surface area contributed by atoms with Crippen LogP contribution in [0.5, 0.6) is 0 Å². The summed E-state index contributed by atoms with van der Waals surface area (Å²) in [5.74, 6) is 7.56. The average molecular weight is 283 g/mol. The Morgan fingerprint density at radius 3 is 2.00 bits per heavy atom. The molecule has 0 radical (unpaired) electrons. The first kappa shape index (κ1) is 18.0. The highest BCUT2D eigenvalue weighted by Gasteiger charge is 2.24. The number of unbranched alkanes of at least 4 members (excludes halogenated alkanes) is 7. The Hall–Kier alpha value is -0.0800. The van der Waals surface area contributed by atoms with E-state index in [0.717, 1.165) is 11.8 Å². The molecule has 1 unspecified atom stereocenters. The normalized spacial score (nSPS) is 24.8. The Morgan fingerprint density at radius 2 is 1.45 bits per heavy atom. The third-order valence-electron chi connectivity index (χ3n) is 5.21. The van der Waals surface area contributed by atoms with Crippen LogP contribution in [0.25, 0.3) is 0 Å². The van der Waals surface area contributed by atoms with Crippen molar-refractivity contribution in [3.63, 3.8) is 0 Å². The minimum atomic E-state index is 0.572. The van der Waals surface area contributed by atoms with Crippen LogP contribution in [0.2, 0.25) is 0 Å². The van der Waals surface area contributed by atoms with Gasteiger partial charge in [-0.05, 0) is 31.1 Å². The molecule has 0 amide bonds. The lowest BCUT2D eigenvalue weighted by molar-refractivity contribution is 0.220. The van der Waals surface area contributed by atoms with Gasteiger partial charge in [0.1, 0.15) is 0 Å². The molecule has 120 valence electrons. The molecule has 0 aliphatic heterocycles. The largest absolute Gasteiger partial charge is 0.271 e. The fourth-order valence-electron chi connectivity index (χ4n) is 3.64. The van der Waals surface area contributed by atoms with Gasteiger partial charge in [0.25, 0.3) is 0 Å². The Labute approximate surface area is 127 Å². The Balaban J connectivity index is 2.01. The lowest BCUT2D eigenvalue weighted by Crippen LogP contribution is -2.42. The van der Waals surface area contributed by atoms with E-state index in [2.05, 4.69) is 19.3 Å². The Kier molecular flexibility index (Phi) is 10.4. The molecule has 1 saturated carbocycles. The van der Waals surface area contributed by atoms with Gasteiger partial charge in [0, 0.05) is 6.04 Å². The van der Waals surface area contributed by atoms with Crippen LogP contribution in [0.15, 0.2) is 0 Å². The van der Waals surface area contributed by atoms with Crippen molar-refractivity contribution >= 4 is 0 Å². The third kappa shape index (κ3) is 7.64. The van der Waals surface area contributed by atoms with Crippen molar-refractivity contribution in [2.75, 3.05) is 0 Å². The van der Waals surface area contributed by atoms with Crippen molar-refractivity contribution in [3.8, 4) is 0 Å². The quantitative estimate of drug-likeness (QED) is 0.311. The maximum Gasteiger partial charge on any atom is 0.0238 e. The van der Waals surface area contributed by atoms with E-state index in [1.807, 2.05) is 0 Å². The highest BCUT2D eigenvalue weighted by atomic mass is 15.2. The van der Waals surface area contributed by atoms with E-state index in [0.29, 0.717) is 6.04 Å². The first-order valence-electron chi connectivity index (χ1n) is 9.24. The summed E-state index contributed by atoms with van der Waals surface area (Å²) in [6.45, 7) is 4.67. The van der Waals surface area contributed by atoms with Crippen molar-refractivity contribution in [1.82, 2.24) is 5.43 Å². The van der Waals surface area contributed by atoms with E-state index in [4.69, 9.17) is 5.84 Å². The van der Waals surface area contributed by atoms with Gasteiger partial charge in [-0.1, -0.05) is 78.1 Å². The molecule has 0 aromatic carbocycles. The number of rotatable bonds is 11. The number of hydrogen-bond donors (Lipinski definition) is 2. The van der Waals surface area contributed by atoms with Gasteiger partial charge in [0.15, 0.2) is 0 Å². The second-order valence-corrected chi connectivity index (χ2v) is 7.06. The van der Waals surface area contributed by atoms with Crippen molar-refractivity contribution in [3.05, 3.63) is 0 Å². The fraction of sp³-hybridized carbons (Fsp3) is 1.00. The van der Waals surface area contributed by atoms with Gasteiger partial charge in [-0.25, -0.2) is 0 Å². The molecule has 0 spiro atoms. The van der Waals surface area contributed by atoms with Gasteiger partial charge in [0.05, 0.1) is 0 Å². The molecule has 1 aliphatic rings. The van der Waals surface area contributed by atoms with Crippen LogP contribution in [0.1, 0.15) is 97.3 Å². The predicted octanol–water partition coefficient (Wildman–Crippen LogP) is 5.18. The molecular formula is C18H38N2. The number of hydrogen-bond acceptors (Lipinski definition) is 2. The van der Waals surface area contributed by atoms with E-state index in [1.54, 1.807) is 0 Å². The molecule has 1 rings (SSSR count). The van der Waals surface area contributed by atoms with E-state index >= 15 is 0 Å². The molecule has 0 saturated heterocycles. The SMILES string of the molecule is CCCCCCCCCCC(NN)C1CCC(C)CC1. The van der Waals surface area contributed by atoms with Crippen LogP contribution in [-0.4, -0.2) is 6.04 Å². The molecule has 20 heavy (non-hydrogen) atoms. The second-order valence-electron chi connectivity index (χ2n) is 7.06. The summed E-state index contributed by atoms with van der Waals surface area (Å²) in [6, 6.07) is 0.572. The standard InChI is InChI=1S/C18H38N2/c1-3-4-5-6-7-8-9-10-11-18(20-19)17-14-12-16(2)13-15-17/h16-18,20H,3-15,19H2,1-2H3. The highest BCUT2D eigenvalue weighted by Crippen LogP contribution is 2.31. The lowest BCUT2D eigenvalue weighted by Gasteiger charge is -2.32. The van der Waals surface area contributed by atoms with E-state index in [9.17, 15) is 0 Å². The van der Waals surface area contributed by atoms with Gasteiger partial charge in [-0.2, -0.15) is 0 Å². The maximum absolute atomic E-state index is 5.78. The lowest BCUT2D eigenvalue weighted by atomic mass is 9.78. The van der Waals surface area contributed by atoms with Crippen LogP contribution in [0.3, 0.4) is 0 Å². The average Bonchev–Trinajstić information content (AvgIpc) is 2.47. The second kappa shape index (κ2) is 11.6. The summed E-state index contributed by atoms with van der Waals surface area (Å²) in [7, 11) is 0. The molecule has 3 N–H and O–H groups in total. The Morgan fingerprint density at radius 1 is 0.900 bits per heavy atom. The van der Waals surface area contributed by atoms with Crippen molar-refractivity contribution in [2.24, 2.45) is 17.7 Å². The topological polar surface area (TPSA) is 38.0 Å². The number of hydrazine groups is 1. The zero-order valence-corrected chi connectivity index (χ0v) is 14.0. The van der Waals surface area contributed by atoms with Crippen molar-refractivity contribution < 1.29 is 0 Å². The molecule has 1 atom stereocenters. The monoisotopic (exact) mass is 282 g/mol. The van der Waals surface area contributed by atoms with E-state index < -0.39 is 0 Å². The van der Waals surface area contributed by atoms with Crippen LogP contribution in [0.4, 0.5) is 0 Å². The molecule has 2 heteroatoms. The van der Waals surface area contributed by atoms with Crippen molar-refractivity contribution in [2.45, 2.75) is 103 Å².